The number of rotatable bonds is 4. The third kappa shape index (κ3) is 3.20. The molecule has 0 aromatic heterocycles. The third-order valence-electron chi connectivity index (χ3n) is 2.07. The zero-order valence-electron chi connectivity index (χ0n) is 8.72. The monoisotopic (exact) mass is 258 g/mol. The summed E-state index contributed by atoms with van der Waals surface area (Å²) < 4.78 is 24.1. The Morgan fingerprint density at radius 1 is 1.44 bits per heavy atom. The fraction of sp³-hybridized carbons (Fsp3) is 0.300. The van der Waals surface area contributed by atoms with E-state index in [4.69, 9.17) is 16.9 Å². The van der Waals surface area contributed by atoms with E-state index in [1.807, 2.05) is 0 Å². The molecule has 0 saturated heterocycles. The quantitative estimate of drug-likeness (QED) is 0.825. The molecule has 0 atom stereocenters. The molecule has 1 aromatic rings. The van der Waals surface area contributed by atoms with Crippen LogP contribution in [-0.2, 0) is 16.6 Å². The Morgan fingerprint density at radius 3 is 2.62 bits per heavy atom. The number of hydrogen-bond acceptors (Lipinski definition) is 3. The summed E-state index contributed by atoms with van der Waals surface area (Å²) in [4.78, 5) is 0. The molecule has 1 aromatic carbocycles. The molecule has 0 aliphatic rings. The second-order valence-electron chi connectivity index (χ2n) is 3.26. The Hall–Kier alpha value is -1.09. The van der Waals surface area contributed by atoms with Crippen molar-refractivity contribution in [3.8, 4) is 6.07 Å². The van der Waals surface area contributed by atoms with Crippen molar-refractivity contribution in [2.24, 2.45) is 0 Å². The van der Waals surface area contributed by atoms with Crippen LogP contribution in [0.15, 0.2) is 24.3 Å². The Bertz CT molecular complexity index is 508. The van der Waals surface area contributed by atoms with Crippen molar-refractivity contribution < 1.29 is 8.42 Å². The van der Waals surface area contributed by atoms with Crippen LogP contribution in [-0.4, -0.2) is 25.5 Å². The minimum absolute atomic E-state index is 0.170. The molecule has 0 unspecified atom stereocenters. The topological polar surface area (TPSA) is 61.2 Å². The van der Waals surface area contributed by atoms with Crippen LogP contribution in [0, 0.1) is 11.3 Å². The zero-order valence-corrected chi connectivity index (χ0v) is 10.3. The van der Waals surface area contributed by atoms with Gasteiger partial charge in [-0.15, -0.1) is 0 Å². The first kappa shape index (κ1) is 13.0. The summed E-state index contributed by atoms with van der Waals surface area (Å²) in [6.07, 6.45) is 0. The van der Waals surface area contributed by atoms with Crippen LogP contribution >= 0.6 is 11.6 Å². The highest BCUT2D eigenvalue weighted by molar-refractivity contribution is 7.89. The van der Waals surface area contributed by atoms with E-state index in [1.165, 1.54) is 7.05 Å². The van der Waals surface area contributed by atoms with Crippen molar-refractivity contribution in [2.75, 3.05) is 12.8 Å². The Morgan fingerprint density at radius 2 is 2.06 bits per heavy atom. The molecule has 86 valence electrons. The molecule has 0 N–H and O–H groups in total. The molecule has 0 bridgehead atoms. The highest BCUT2D eigenvalue weighted by Gasteiger charge is 2.18. The van der Waals surface area contributed by atoms with Gasteiger partial charge in [-0.3, -0.25) is 0 Å². The van der Waals surface area contributed by atoms with Gasteiger partial charge in [0.25, 0.3) is 0 Å². The minimum atomic E-state index is -3.51. The second kappa shape index (κ2) is 5.30. The summed E-state index contributed by atoms with van der Waals surface area (Å²) in [6, 6.07) is 8.63. The molecule has 6 heteroatoms. The third-order valence-corrected chi connectivity index (χ3v) is 4.01. The second-order valence-corrected chi connectivity index (χ2v) is 5.74. The van der Waals surface area contributed by atoms with E-state index in [-0.39, 0.29) is 6.54 Å². The fourth-order valence-electron chi connectivity index (χ4n) is 1.16. The lowest BCUT2D eigenvalue weighted by Gasteiger charge is -2.15. The van der Waals surface area contributed by atoms with Crippen molar-refractivity contribution in [1.82, 2.24) is 4.31 Å². The smallest absolute Gasteiger partial charge is 0.211 e. The van der Waals surface area contributed by atoms with Crippen molar-refractivity contribution in [1.29, 1.82) is 5.26 Å². The average molecular weight is 259 g/mol. The predicted octanol–water partition coefficient (Wildman–Crippen LogP) is 1.63. The number of benzene rings is 1. The SMILES string of the molecule is CN(Cc1ccccc1Cl)S(=O)(=O)CC#N. The maximum Gasteiger partial charge on any atom is 0.227 e. The maximum atomic E-state index is 11.5. The van der Waals surface area contributed by atoms with Gasteiger partial charge in [0.2, 0.25) is 10.0 Å². The van der Waals surface area contributed by atoms with Crippen molar-refractivity contribution in [2.45, 2.75) is 6.54 Å². The van der Waals surface area contributed by atoms with E-state index in [9.17, 15) is 8.42 Å². The van der Waals surface area contributed by atoms with Gasteiger partial charge in [-0.2, -0.15) is 9.57 Å². The summed E-state index contributed by atoms with van der Waals surface area (Å²) in [5.41, 5.74) is 0.716. The standard InChI is InChI=1S/C10H11ClN2O2S/c1-13(16(14,15)7-6-12)8-9-4-2-3-5-10(9)11/h2-5H,7-8H2,1H3. The van der Waals surface area contributed by atoms with E-state index in [0.717, 1.165) is 4.31 Å². The summed E-state index contributed by atoms with van der Waals surface area (Å²) in [5.74, 6) is -0.520. The highest BCUT2D eigenvalue weighted by atomic mass is 35.5. The van der Waals surface area contributed by atoms with Crippen LogP contribution < -0.4 is 0 Å². The van der Waals surface area contributed by atoms with E-state index >= 15 is 0 Å². The van der Waals surface area contributed by atoms with Crippen molar-refractivity contribution in [3.63, 3.8) is 0 Å². The van der Waals surface area contributed by atoms with Crippen LogP contribution in [0.5, 0.6) is 0 Å². The average Bonchev–Trinajstić information content (AvgIpc) is 2.21. The number of halogens is 1. The molecule has 4 nitrogen and oxygen atoms in total. The van der Waals surface area contributed by atoms with Gasteiger partial charge in [0.15, 0.2) is 5.75 Å². The molecular formula is C10H11ClN2O2S. The Balaban J connectivity index is 2.84. The lowest BCUT2D eigenvalue weighted by Crippen LogP contribution is -2.28. The van der Waals surface area contributed by atoms with Gasteiger partial charge in [-0.1, -0.05) is 29.8 Å². The van der Waals surface area contributed by atoms with Gasteiger partial charge in [0.1, 0.15) is 0 Å². The largest absolute Gasteiger partial charge is 0.227 e. The zero-order chi connectivity index (χ0) is 12.2. The normalized spacial score (nSPS) is 11.4. The number of nitriles is 1. The van der Waals surface area contributed by atoms with Crippen LogP contribution in [0.25, 0.3) is 0 Å². The number of nitrogens with zero attached hydrogens (tertiary/aromatic N) is 2. The van der Waals surface area contributed by atoms with E-state index < -0.39 is 15.8 Å². The van der Waals surface area contributed by atoms with Crippen LogP contribution in [0.1, 0.15) is 5.56 Å². The van der Waals surface area contributed by atoms with Gasteiger partial charge in [0, 0.05) is 18.6 Å². The van der Waals surface area contributed by atoms with Gasteiger partial charge < -0.3 is 0 Å². The van der Waals surface area contributed by atoms with Crippen LogP contribution in [0.2, 0.25) is 5.02 Å². The molecule has 0 amide bonds. The fourth-order valence-corrected chi connectivity index (χ4v) is 2.07. The Labute approximate surface area is 100 Å². The molecular weight excluding hydrogens is 248 g/mol. The molecule has 0 fully saturated rings. The summed E-state index contributed by atoms with van der Waals surface area (Å²) in [6.45, 7) is 0.170. The predicted molar refractivity (Wildman–Crippen MR) is 62.3 cm³/mol. The first-order chi connectivity index (χ1) is 7.47. The van der Waals surface area contributed by atoms with Gasteiger partial charge >= 0.3 is 0 Å². The van der Waals surface area contributed by atoms with E-state index in [0.29, 0.717) is 10.6 Å². The summed E-state index contributed by atoms with van der Waals surface area (Å²) >= 11 is 5.91. The van der Waals surface area contributed by atoms with E-state index in [2.05, 4.69) is 0 Å². The molecule has 0 saturated carbocycles. The Kier molecular flexibility index (Phi) is 4.30. The maximum absolute atomic E-state index is 11.5. The molecule has 0 radical (unpaired) electrons. The molecule has 1 rings (SSSR count). The first-order valence-electron chi connectivity index (χ1n) is 4.52. The van der Waals surface area contributed by atoms with Gasteiger partial charge in [-0.25, -0.2) is 8.42 Å². The summed E-state index contributed by atoms with van der Waals surface area (Å²) in [7, 11) is -2.09. The van der Waals surface area contributed by atoms with Gasteiger partial charge in [-0.05, 0) is 11.6 Å². The lowest BCUT2D eigenvalue weighted by atomic mass is 10.2. The number of hydrogen-bond donors (Lipinski definition) is 0. The molecule has 16 heavy (non-hydrogen) atoms. The minimum Gasteiger partial charge on any atom is -0.211 e. The highest BCUT2D eigenvalue weighted by Crippen LogP contribution is 2.17. The van der Waals surface area contributed by atoms with Crippen molar-refractivity contribution >= 4 is 21.6 Å². The molecule has 0 spiro atoms. The van der Waals surface area contributed by atoms with E-state index in [1.54, 1.807) is 30.3 Å². The first-order valence-corrected chi connectivity index (χ1v) is 6.50. The molecule has 0 aliphatic heterocycles. The molecule has 0 heterocycles. The number of sulfonamides is 1. The van der Waals surface area contributed by atoms with Crippen LogP contribution in [0.3, 0.4) is 0 Å². The van der Waals surface area contributed by atoms with Gasteiger partial charge in [0.05, 0.1) is 6.07 Å². The van der Waals surface area contributed by atoms with Crippen molar-refractivity contribution in [3.05, 3.63) is 34.9 Å². The lowest BCUT2D eigenvalue weighted by molar-refractivity contribution is 0.470. The summed E-state index contributed by atoms with van der Waals surface area (Å²) in [5, 5.41) is 8.90. The molecule has 0 aliphatic carbocycles. The van der Waals surface area contributed by atoms with Crippen LogP contribution in [0.4, 0.5) is 0 Å².